The summed E-state index contributed by atoms with van der Waals surface area (Å²) < 4.78 is 19.5. The molecule has 178 valence electrons. The minimum absolute atomic E-state index is 0.00179. The molecule has 0 bridgehead atoms. The summed E-state index contributed by atoms with van der Waals surface area (Å²) in [5.74, 6) is -0.727. The molecule has 1 aliphatic carbocycles. The van der Waals surface area contributed by atoms with Gasteiger partial charge in [0.15, 0.2) is 11.6 Å². The van der Waals surface area contributed by atoms with Gasteiger partial charge in [0.05, 0.1) is 13.3 Å². The van der Waals surface area contributed by atoms with E-state index in [4.69, 9.17) is 4.74 Å². The Morgan fingerprint density at radius 1 is 1.21 bits per heavy atom. The number of carbonyl (C=O) groups is 1. The number of aryl methyl sites for hydroxylation is 1. The molecule has 2 fully saturated rings. The zero-order valence-electron chi connectivity index (χ0n) is 19.7. The van der Waals surface area contributed by atoms with E-state index in [1.54, 1.807) is 0 Å². The first-order chi connectivity index (χ1) is 15.9. The van der Waals surface area contributed by atoms with Gasteiger partial charge >= 0.3 is 5.97 Å². The predicted molar refractivity (Wildman–Crippen MR) is 128 cm³/mol. The summed E-state index contributed by atoms with van der Waals surface area (Å²) in [6.07, 6.45) is 4.03. The van der Waals surface area contributed by atoms with Crippen molar-refractivity contribution in [3.05, 3.63) is 35.8 Å². The van der Waals surface area contributed by atoms with Crippen molar-refractivity contribution < 1.29 is 13.9 Å². The van der Waals surface area contributed by atoms with Crippen LogP contribution in [0.25, 0.3) is 0 Å². The maximum absolute atomic E-state index is 14.5. The number of carbonyl (C=O) groups excluding carboxylic acids is 1. The maximum atomic E-state index is 14.5. The smallest absolute Gasteiger partial charge is 0.331 e. The maximum Gasteiger partial charge on any atom is 0.331 e. The molecule has 2 N–H and O–H groups in total. The number of nitrogens with zero attached hydrogens (tertiary/aromatic N) is 4. The molecule has 0 radical (unpaired) electrons. The van der Waals surface area contributed by atoms with Crippen LogP contribution in [0.3, 0.4) is 0 Å². The molecule has 1 aromatic heterocycles. The number of hydrogen-bond donors (Lipinski definition) is 2. The van der Waals surface area contributed by atoms with E-state index in [0.29, 0.717) is 12.8 Å². The second-order valence-electron chi connectivity index (χ2n) is 8.84. The Balaban J connectivity index is 1.48. The lowest BCUT2D eigenvalue weighted by Crippen LogP contribution is -2.46. The first-order valence-corrected chi connectivity index (χ1v) is 11.7. The van der Waals surface area contributed by atoms with Crippen LogP contribution in [0.2, 0.25) is 0 Å². The highest BCUT2D eigenvalue weighted by atomic mass is 19.1. The number of ether oxygens (including phenoxy) is 1. The average molecular weight is 457 g/mol. The van der Waals surface area contributed by atoms with E-state index in [1.807, 2.05) is 12.1 Å². The number of nitrogens with one attached hydrogen (secondary N) is 2. The molecule has 2 aromatic rings. The minimum Gasteiger partial charge on any atom is -0.467 e. The number of likely N-dealkylation sites (N-methyl/N-ethyl adjacent to an activating group) is 1. The number of benzene rings is 1. The SMILES string of the molecule is CCN1CCN(c2ccc(Nc3ncc(F)c(NC4(C(=O)OC)CCCC4)n3)cc2C)CC1. The molecule has 0 atom stereocenters. The minimum atomic E-state index is -0.943. The van der Waals surface area contributed by atoms with E-state index in [0.717, 1.165) is 63.0 Å². The Morgan fingerprint density at radius 3 is 2.58 bits per heavy atom. The average Bonchev–Trinajstić information content (AvgIpc) is 3.31. The van der Waals surface area contributed by atoms with E-state index in [9.17, 15) is 9.18 Å². The molecule has 1 aromatic carbocycles. The quantitative estimate of drug-likeness (QED) is 0.611. The van der Waals surface area contributed by atoms with Gasteiger partial charge in [0.2, 0.25) is 5.95 Å². The van der Waals surface area contributed by atoms with E-state index >= 15 is 0 Å². The summed E-state index contributed by atoms with van der Waals surface area (Å²) in [5.41, 5.74) is 2.26. The van der Waals surface area contributed by atoms with Crippen LogP contribution in [-0.4, -0.2) is 66.2 Å². The number of anilines is 4. The summed E-state index contributed by atoms with van der Waals surface area (Å²) in [6.45, 7) is 9.54. The molecular weight excluding hydrogens is 423 g/mol. The zero-order valence-corrected chi connectivity index (χ0v) is 19.7. The molecule has 0 spiro atoms. The molecule has 1 saturated heterocycles. The van der Waals surface area contributed by atoms with Crippen molar-refractivity contribution in [1.29, 1.82) is 0 Å². The largest absolute Gasteiger partial charge is 0.467 e. The summed E-state index contributed by atoms with van der Waals surface area (Å²) in [5, 5.41) is 6.19. The fourth-order valence-electron chi connectivity index (χ4n) is 4.82. The van der Waals surface area contributed by atoms with Crippen LogP contribution in [0, 0.1) is 12.7 Å². The van der Waals surface area contributed by atoms with Crippen LogP contribution < -0.4 is 15.5 Å². The van der Waals surface area contributed by atoms with Gasteiger partial charge in [0, 0.05) is 37.6 Å². The lowest BCUT2D eigenvalue weighted by atomic mass is 9.98. The highest BCUT2D eigenvalue weighted by Gasteiger charge is 2.43. The second kappa shape index (κ2) is 9.91. The predicted octanol–water partition coefficient (Wildman–Crippen LogP) is 3.71. The van der Waals surface area contributed by atoms with Crippen molar-refractivity contribution in [3.8, 4) is 0 Å². The number of aromatic nitrogens is 2. The lowest BCUT2D eigenvalue weighted by molar-refractivity contribution is -0.145. The second-order valence-corrected chi connectivity index (χ2v) is 8.84. The molecule has 0 amide bonds. The van der Waals surface area contributed by atoms with Crippen LogP contribution in [0.1, 0.15) is 38.2 Å². The number of hydrogen-bond acceptors (Lipinski definition) is 8. The van der Waals surface area contributed by atoms with Crippen LogP contribution >= 0.6 is 0 Å². The summed E-state index contributed by atoms with van der Waals surface area (Å²) in [6, 6.07) is 6.14. The van der Waals surface area contributed by atoms with E-state index in [2.05, 4.69) is 50.3 Å². The fourth-order valence-corrected chi connectivity index (χ4v) is 4.82. The summed E-state index contributed by atoms with van der Waals surface area (Å²) in [4.78, 5) is 25.7. The van der Waals surface area contributed by atoms with Gasteiger partial charge in [-0.25, -0.2) is 14.2 Å². The van der Waals surface area contributed by atoms with Gasteiger partial charge in [-0.1, -0.05) is 19.8 Å². The molecule has 33 heavy (non-hydrogen) atoms. The van der Waals surface area contributed by atoms with Crippen LogP contribution in [0.5, 0.6) is 0 Å². The van der Waals surface area contributed by atoms with Gasteiger partial charge in [-0.2, -0.15) is 4.98 Å². The molecule has 2 heterocycles. The van der Waals surface area contributed by atoms with Gasteiger partial charge in [-0.15, -0.1) is 0 Å². The third kappa shape index (κ3) is 5.03. The topological polar surface area (TPSA) is 82.6 Å². The molecule has 1 saturated carbocycles. The number of piperazine rings is 1. The Kier molecular flexibility index (Phi) is 6.97. The zero-order chi connectivity index (χ0) is 23.4. The van der Waals surface area contributed by atoms with E-state index < -0.39 is 17.3 Å². The molecule has 0 unspecified atom stereocenters. The van der Waals surface area contributed by atoms with Crippen molar-refractivity contribution in [3.63, 3.8) is 0 Å². The standard InChI is InChI=1S/C24H33FN6O2/c1-4-30-11-13-31(14-12-30)20-8-7-18(15-17(20)2)27-23-26-16-19(25)21(28-23)29-24(22(32)33-3)9-5-6-10-24/h7-8,15-16H,4-6,9-14H2,1-3H3,(H2,26,27,28,29). The normalized spacial score (nSPS) is 18.2. The van der Waals surface area contributed by atoms with Crippen LogP contribution in [0.15, 0.2) is 24.4 Å². The molecule has 8 nitrogen and oxygen atoms in total. The van der Waals surface area contributed by atoms with Gasteiger partial charge in [0.25, 0.3) is 0 Å². The Morgan fingerprint density at radius 2 is 1.94 bits per heavy atom. The van der Waals surface area contributed by atoms with Gasteiger partial charge in [-0.05, 0) is 50.1 Å². The van der Waals surface area contributed by atoms with Crippen molar-refractivity contribution in [2.24, 2.45) is 0 Å². The Labute approximate surface area is 194 Å². The molecule has 2 aliphatic rings. The Hall–Kier alpha value is -2.94. The molecule has 4 rings (SSSR count). The molecule has 9 heteroatoms. The highest BCUT2D eigenvalue weighted by Crippen LogP contribution is 2.35. The van der Waals surface area contributed by atoms with Gasteiger partial charge in [0.1, 0.15) is 5.54 Å². The van der Waals surface area contributed by atoms with E-state index in [1.165, 1.54) is 12.8 Å². The third-order valence-corrected chi connectivity index (χ3v) is 6.75. The van der Waals surface area contributed by atoms with Crippen molar-refractivity contribution in [2.75, 3.05) is 55.4 Å². The van der Waals surface area contributed by atoms with Crippen molar-refractivity contribution in [1.82, 2.24) is 14.9 Å². The molecular formula is C24H33FN6O2. The molecule has 1 aliphatic heterocycles. The van der Waals surface area contributed by atoms with Gasteiger partial charge < -0.3 is 25.2 Å². The van der Waals surface area contributed by atoms with Gasteiger partial charge in [-0.3, -0.25) is 0 Å². The summed E-state index contributed by atoms with van der Waals surface area (Å²) >= 11 is 0. The number of halogens is 1. The number of rotatable bonds is 7. The van der Waals surface area contributed by atoms with Crippen LogP contribution in [0.4, 0.5) is 27.5 Å². The lowest BCUT2D eigenvalue weighted by Gasteiger charge is -2.36. The first-order valence-electron chi connectivity index (χ1n) is 11.7. The third-order valence-electron chi connectivity index (χ3n) is 6.75. The first kappa shape index (κ1) is 23.2. The number of esters is 1. The van der Waals surface area contributed by atoms with Crippen LogP contribution in [-0.2, 0) is 9.53 Å². The van der Waals surface area contributed by atoms with E-state index in [-0.39, 0.29) is 11.8 Å². The monoisotopic (exact) mass is 456 g/mol. The number of methoxy groups -OCH3 is 1. The highest BCUT2D eigenvalue weighted by molar-refractivity contribution is 5.84. The summed E-state index contributed by atoms with van der Waals surface area (Å²) in [7, 11) is 1.35. The van der Waals surface area contributed by atoms with Crippen molar-refractivity contribution >= 4 is 29.1 Å². The Bertz CT molecular complexity index is 987. The van der Waals surface area contributed by atoms with Crippen molar-refractivity contribution in [2.45, 2.75) is 45.1 Å². The fraction of sp³-hybridized carbons (Fsp3) is 0.542.